The normalized spacial score (nSPS) is 24.1. The molecule has 0 fully saturated rings. The summed E-state index contributed by atoms with van der Waals surface area (Å²) in [6, 6.07) is 14.4. The van der Waals surface area contributed by atoms with Gasteiger partial charge in [0.1, 0.15) is 18.9 Å². The predicted octanol–water partition coefficient (Wildman–Crippen LogP) is 3.03. The third kappa shape index (κ3) is 2.69. The molecule has 2 aromatic rings. The van der Waals surface area contributed by atoms with Crippen molar-refractivity contribution in [2.24, 2.45) is 0 Å². The van der Waals surface area contributed by atoms with Crippen LogP contribution in [-0.4, -0.2) is 41.8 Å². The highest BCUT2D eigenvalue weighted by molar-refractivity contribution is 5.96. The van der Waals surface area contributed by atoms with Crippen LogP contribution in [0.3, 0.4) is 0 Å². The van der Waals surface area contributed by atoms with Crippen molar-refractivity contribution < 1.29 is 19.2 Å². The van der Waals surface area contributed by atoms with Crippen molar-refractivity contribution in [3.8, 4) is 11.5 Å². The molecule has 5 nitrogen and oxygen atoms in total. The number of aliphatic hydroxyl groups is 1. The molecule has 0 bridgehead atoms. The van der Waals surface area contributed by atoms with Crippen molar-refractivity contribution in [2.45, 2.75) is 31.9 Å². The molecule has 3 heterocycles. The summed E-state index contributed by atoms with van der Waals surface area (Å²) in [5, 5.41) is 11.8. The van der Waals surface area contributed by atoms with Crippen LogP contribution < -0.4 is 14.4 Å². The number of β-amino-alcohol motifs (C(OH)–C–C–N with tert-alkyl or cyclic N) is 1. The van der Waals surface area contributed by atoms with E-state index < -0.39 is 5.72 Å². The van der Waals surface area contributed by atoms with E-state index in [4.69, 9.17) is 9.47 Å². The van der Waals surface area contributed by atoms with Crippen molar-refractivity contribution in [3.05, 3.63) is 53.6 Å². The second-order valence-corrected chi connectivity index (χ2v) is 7.62. The topological polar surface area (TPSA) is 44.9 Å². The first-order valence-corrected chi connectivity index (χ1v) is 9.75. The molecule has 1 N–H and O–H groups in total. The molecule has 0 saturated heterocycles. The third-order valence-electron chi connectivity index (χ3n) is 5.83. The first-order valence-electron chi connectivity index (χ1n) is 9.75. The Kier molecular flexibility index (Phi) is 3.86. The Morgan fingerprint density at radius 1 is 1.00 bits per heavy atom. The van der Waals surface area contributed by atoms with Gasteiger partial charge in [-0.2, -0.15) is 0 Å². The van der Waals surface area contributed by atoms with Crippen LogP contribution >= 0.6 is 0 Å². The van der Waals surface area contributed by atoms with Gasteiger partial charge in [-0.15, -0.1) is 0 Å². The summed E-state index contributed by atoms with van der Waals surface area (Å²) in [5.74, 6) is 2.69. The van der Waals surface area contributed by atoms with Crippen molar-refractivity contribution in [2.75, 3.05) is 31.2 Å². The summed E-state index contributed by atoms with van der Waals surface area (Å²) in [4.78, 5) is 2.27. The molecule has 0 aliphatic carbocycles. The van der Waals surface area contributed by atoms with Crippen LogP contribution in [0.15, 0.2) is 42.5 Å². The predicted molar refractivity (Wildman–Crippen MR) is 104 cm³/mol. The van der Waals surface area contributed by atoms with Gasteiger partial charge in [-0.1, -0.05) is 17.7 Å². The monoisotopic (exact) mass is 365 g/mol. The number of fused-ring (bicyclic) bond motifs is 1. The summed E-state index contributed by atoms with van der Waals surface area (Å²) in [7, 11) is 0. The summed E-state index contributed by atoms with van der Waals surface area (Å²) < 4.78 is 13.6. The molecular formula is C22H25N2O3+. The number of hydrogen-bond acceptors (Lipinski definition) is 4. The molecule has 0 radical (unpaired) electrons. The molecule has 0 spiro atoms. The molecular weight excluding hydrogens is 340 g/mol. The molecule has 3 aliphatic rings. The highest BCUT2D eigenvalue weighted by Crippen LogP contribution is 2.39. The van der Waals surface area contributed by atoms with E-state index in [-0.39, 0.29) is 0 Å². The van der Waals surface area contributed by atoms with Gasteiger partial charge < -0.3 is 14.6 Å². The minimum Gasteiger partial charge on any atom is -0.486 e. The summed E-state index contributed by atoms with van der Waals surface area (Å²) in [6.45, 7) is 4.60. The van der Waals surface area contributed by atoms with E-state index in [1.807, 2.05) is 18.2 Å². The number of nitrogens with zero attached hydrogens (tertiary/aromatic N) is 2. The maximum atomic E-state index is 11.8. The van der Waals surface area contributed by atoms with Crippen molar-refractivity contribution in [3.63, 3.8) is 0 Å². The molecule has 5 heteroatoms. The SMILES string of the molecule is Cc1ccc(N2CC(O)(c3ccc4c(c3)OCCO4)[N+]3=C2CCCC3)cc1. The Labute approximate surface area is 159 Å². The maximum absolute atomic E-state index is 11.8. The molecule has 0 saturated carbocycles. The van der Waals surface area contributed by atoms with E-state index >= 15 is 0 Å². The Morgan fingerprint density at radius 3 is 2.59 bits per heavy atom. The van der Waals surface area contributed by atoms with E-state index in [2.05, 4.69) is 40.7 Å². The zero-order chi connectivity index (χ0) is 18.4. The van der Waals surface area contributed by atoms with Gasteiger partial charge in [-0.25, -0.2) is 9.48 Å². The van der Waals surface area contributed by atoms with Gasteiger partial charge in [0.15, 0.2) is 18.0 Å². The van der Waals surface area contributed by atoms with Crippen molar-refractivity contribution in [1.29, 1.82) is 0 Å². The Bertz CT molecular complexity index is 906. The second kappa shape index (κ2) is 6.27. The lowest BCUT2D eigenvalue weighted by Gasteiger charge is -2.26. The van der Waals surface area contributed by atoms with Crippen molar-refractivity contribution in [1.82, 2.24) is 0 Å². The third-order valence-corrected chi connectivity index (χ3v) is 5.83. The minimum atomic E-state index is -1.06. The van der Waals surface area contributed by atoms with Crippen LogP contribution in [0.25, 0.3) is 0 Å². The summed E-state index contributed by atoms with van der Waals surface area (Å²) in [6.07, 6.45) is 3.24. The van der Waals surface area contributed by atoms with Crippen molar-refractivity contribution >= 4 is 11.5 Å². The highest BCUT2D eigenvalue weighted by atomic mass is 16.6. The largest absolute Gasteiger partial charge is 0.486 e. The quantitative estimate of drug-likeness (QED) is 0.831. The fourth-order valence-electron chi connectivity index (χ4n) is 4.40. The summed E-state index contributed by atoms with van der Waals surface area (Å²) >= 11 is 0. The minimum absolute atomic E-state index is 0.519. The van der Waals surface area contributed by atoms with Gasteiger partial charge in [-0.3, -0.25) is 0 Å². The summed E-state index contributed by atoms with van der Waals surface area (Å²) in [5.41, 5.74) is 2.18. The number of anilines is 1. The molecule has 2 aromatic carbocycles. The maximum Gasteiger partial charge on any atom is 0.271 e. The van der Waals surface area contributed by atoms with E-state index in [9.17, 15) is 5.11 Å². The fourth-order valence-corrected chi connectivity index (χ4v) is 4.40. The average Bonchev–Trinajstić information content (AvgIpc) is 3.03. The number of benzene rings is 2. The van der Waals surface area contributed by atoms with Gasteiger partial charge in [-0.05, 0) is 50.1 Å². The van der Waals surface area contributed by atoms with Crippen LogP contribution in [-0.2, 0) is 5.72 Å². The molecule has 3 aliphatic heterocycles. The fraction of sp³-hybridized carbons (Fsp3) is 0.409. The van der Waals surface area contributed by atoms with Gasteiger partial charge in [0, 0.05) is 12.0 Å². The number of aryl methyl sites for hydroxylation is 1. The van der Waals surface area contributed by atoms with E-state index in [0.717, 1.165) is 48.6 Å². The molecule has 1 atom stereocenters. The van der Waals surface area contributed by atoms with E-state index in [1.54, 1.807) is 0 Å². The Morgan fingerprint density at radius 2 is 1.78 bits per heavy atom. The smallest absolute Gasteiger partial charge is 0.271 e. The lowest BCUT2D eigenvalue weighted by Crippen LogP contribution is -2.41. The number of rotatable bonds is 2. The van der Waals surface area contributed by atoms with Gasteiger partial charge in [0.2, 0.25) is 0 Å². The second-order valence-electron chi connectivity index (χ2n) is 7.62. The zero-order valence-corrected chi connectivity index (χ0v) is 15.6. The number of hydrogen-bond donors (Lipinski definition) is 1. The average molecular weight is 365 g/mol. The molecule has 5 rings (SSSR count). The first-order chi connectivity index (χ1) is 13.1. The van der Waals surface area contributed by atoms with Crippen LogP contribution in [0, 0.1) is 6.92 Å². The zero-order valence-electron chi connectivity index (χ0n) is 15.6. The van der Waals surface area contributed by atoms with Gasteiger partial charge in [0.05, 0.1) is 6.54 Å². The number of amidine groups is 1. The number of ether oxygens (including phenoxy) is 2. The molecule has 140 valence electrons. The van der Waals surface area contributed by atoms with Crippen LogP contribution in [0.2, 0.25) is 0 Å². The van der Waals surface area contributed by atoms with Gasteiger partial charge in [0.25, 0.3) is 11.6 Å². The van der Waals surface area contributed by atoms with E-state index in [0.29, 0.717) is 19.8 Å². The molecule has 1 unspecified atom stereocenters. The lowest BCUT2D eigenvalue weighted by molar-refractivity contribution is -0.661. The lowest BCUT2D eigenvalue weighted by atomic mass is 10.0. The highest BCUT2D eigenvalue weighted by Gasteiger charge is 2.52. The van der Waals surface area contributed by atoms with Crippen LogP contribution in [0.1, 0.15) is 30.4 Å². The van der Waals surface area contributed by atoms with Crippen LogP contribution in [0.4, 0.5) is 5.69 Å². The first kappa shape index (κ1) is 16.6. The molecule has 0 amide bonds. The Balaban J connectivity index is 1.57. The van der Waals surface area contributed by atoms with E-state index in [1.165, 1.54) is 11.4 Å². The molecule has 0 aromatic heterocycles. The molecule has 27 heavy (non-hydrogen) atoms. The standard InChI is InChI=1S/C22H25N2O3/c1-16-5-8-18(9-6-16)23-15-22(25,24-11-3-2-4-21(23)24)17-7-10-19-20(14-17)27-13-12-26-19/h5-10,14,25H,2-4,11-13,15H2,1H3/q+1. The Hall–Kier alpha value is -2.53. The van der Waals surface area contributed by atoms with Gasteiger partial charge >= 0.3 is 0 Å². The van der Waals surface area contributed by atoms with Crippen LogP contribution in [0.5, 0.6) is 11.5 Å².